The Morgan fingerprint density at radius 3 is 2.88 bits per heavy atom. The van der Waals surface area contributed by atoms with E-state index in [1.54, 1.807) is 0 Å². The van der Waals surface area contributed by atoms with Gasteiger partial charge in [0, 0.05) is 6.42 Å². The van der Waals surface area contributed by atoms with Crippen LogP contribution in [0.4, 0.5) is 0 Å². The molecule has 0 aromatic carbocycles. The second kappa shape index (κ2) is 6.86. The number of esters is 1. The van der Waals surface area contributed by atoms with Crippen molar-refractivity contribution in [3.8, 4) is 0 Å². The third kappa shape index (κ3) is 4.49. The van der Waals surface area contributed by atoms with Gasteiger partial charge in [0.2, 0.25) is 0 Å². The van der Waals surface area contributed by atoms with E-state index in [0.717, 1.165) is 19.3 Å². The SMILES string of the molecule is CCCOC(=O)CCC(O)C1CCC(C)O1. The molecule has 1 N–H and O–H groups in total. The number of rotatable bonds is 6. The fourth-order valence-electron chi connectivity index (χ4n) is 1.86. The first-order chi connectivity index (χ1) is 7.63. The number of aliphatic hydroxyl groups is 1. The smallest absolute Gasteiger partial charge is 0.305 e. The van der Waals surface area contributed by atoms with Crippen LogP contribution in [0.25, 0.3) is 0 Å². The largest absolute Gasteiger partial charge is 0.466 e. The molecule has 4 nitrogen and oxygen atoms in total. The Balaban J connectivity index is 2.14. The Morgan fingerprint density at radius 1 is 1.56 bits per heavy atom. The molecule has 0 aliphatic carbocycles. The fourth-order valence-corrected chi connectivity index (χ4v) is 1.86. The van der Waals surface area contributed by atoms with Gasteiger partial charge in [0.15, 0.2) is 0 Å². The molecule has 3 atom stereocenters. The lowest BCUT2D eigenvalue weighted by Crippen LogP contribution is -2.27. The lowest BCUT2D eigenvalue weighted by atomic mass is 10.1. The van der Waals surface area contributed by atoms with E-state index < -0.39 is 6.10 Å². The third-order valence-corrected chi connectivity index (χ3v) is 2.81. The van der Waals surface area contributed by atoms with Crippen molar-refractivity contribution in [3.05, 3.63) is 0 Å². The first kappa shape index (κ1) is 13.5. The van der Waals surface area contributed by atoms with Gasteiger partial charge in [-0.3, -0.25) is 4.79 Å². The van der Waals surface area contributed by atoms with Crippen LogP contribution in [0.5, 0.6) is 0 Å². The summed E-state index contributed by atoms with van der Waals surface area (Å²) in [6, 6.07) is 0. The van der Waals surface area contributed by atoms with Crippen molar-refractivity contribution in [3.63, 3.8) is 0 Å². The molecule has 3 unspecified atom stereocenters. The number of hydrogen-bond donors (Lipinski definition) is 1. The van der Waals surface area contributed by atoms with Crippen LogP contribution in [0.1, 0.15) is 46.0 Å². The van der Waals surface area contributed by atoms with Gasteiger partial charge in [0.25, 0.3) is 0 Å². The van der Waals surface area contributed by atoms with Crippen LogP contribution in [0.15, 0.2) is 0 Å². The second-order valence-electron chi connectivity index (χ2n) is 4.39. The molecule has 1 aliphatic heterocycles. The van der Waals surface area contributed by atoms with E-state index in [4.69, 9.17) is 9.47 Å². The maximum Gasteiger partial charge on any atom is 0.305 e. The molecular formula is C12H22O4. The summed E-state index contributed by atoms with van der Waals surface area (Å²) in [5.74, 6) is -0.230. The summed E-state index contributed by atoms with van der Waals surface area (Å²) < 4.78 is 10.5. The average Bonchev–Trinajstić information content (AvgIpc) is 2.69. The van der Waals surface area contributed by atoms with E-state index in [2.05, 4.69) is 0 Å². The van der Waals surface area contributed by atoms with E-state index in [9.17, 15) is 9.90 Å². The number of hydrogen-bond acceptors (Lipinski definition) is 4. The predicted octanol–water partition coefficient (Wildman–Crippen LogP) is 1.65. The van der Waals surface area contributed by atoms with Gasteiger partial charge in [-0.05, 0) is 32.6 Å². The summed E-state index contributed by atoms with van der Waals surface area (Å²) in [6.07, 6.45) is 2.99. The Kier molecular flexibility index (Phi) is 5.77. The van der Waals surface area contributed by atoms with E-state index in [1.807, 2.05) is 13.8 Å². The van der Waals surface area contributed by atoms with Crippen molar-refractivity contribution in [1.29, 1.82) is 0 Å². The van der Waals surface area contributed by atoms with Crippen molar-refractivity contribution >= 4 is 5.97 Å². The predicted molar refractivity (Wildman–Crippen MR) is 60.1 cm³/mol. The summed E-state index contributed by atoms with van der Waals surface area (Å²) >= 11 is 0. The average molecular weight is 230 g/mol. The van der Waals surface area contributed by atoms with Crippen LogP contribution >= 0.6 is 0 Å². The van der Waals surface area contributed by atoms with Gasteiger partial charge in [-0.25, -0.2) is 0 Å². The van der Waals surface area contributed by atoms with Crippen LogP contribution in [-0.2, 0) is 14.3 Å². The fraction of sp³-hybridized carbons (Fsp3) is 0.917. The molecule has 0 spiro atoms. The molecule has 94 valence electrons. The minimum Gasteiger partial charge on any atom is -0.466 e. The molecule has 0 aromatic heterocycles. The van der Waals surface area contributed by atoms with Gasteiger partial charge in [0.05, 0.1) is 24.9 Å². The van der Waals surface area contributed by atoms with E-state index >= 15 is 0 Å². The zero-order valence-electron chi connectivity index (χ0n) is 10.1. The molecule has 1 aliphatic rings. The van der Waals surface area contributed by atoms with Gasteiger partial charge >= 0.3 is 5.97 Å². The van der Waals surface area contributed by atoms with Crippen LogP contribution in [-0.4, -0.2) is 36.0 Å². The van der Waals surface area contributed by atoms with Crippen LogP contribution < -0.4 is 0 Å². The molecule has 0 aromatic rings. The first-order valence-electron chi connectivity index (χ1n) is 6.12. The standard InChI is InChI=1S/C12H22O4/c1-3-8-15-12(14)7-5-10(13)11-6-4-9(2)16-11/h9-11,13H,3-8H2,1-2H3. The van der Waals surface area contributed by atoms with Crippen molar-refractivity contribution in [2.45, 2.75) is 64.3 Å². The van der Waals surface area contributed by atoms with Crippen LogP contribution in [0.3, 0.4) is 0 Å². The van der Waals surface area contributed by atoms with Crippen LogP contribution in [0, 0.1) is 0 Å². The number of carbonyl (C=O) groups is 1. The van der Waals surface area contributed by atoms with Crippen molar-refractivity contribution < 1.29 is 19.4 Å². The van der Waals surface area contributed by atoms with E-state index in [-0.39, 0.29) is 24.6 Å². The summed E-state index contributed by atoms with van der Waals surface area (Å²) in [5.41, 5.74) is 0. The van der Waals surface area contributed by atoms with Gasteiger partial charge in [-0.2, -0.15) is 0 Å². The molecule has 16 heavy (non-hydrogen) atoms. The number of ether oxygens (including phenoxy) is 2. The van der Waals surface area contributed by atoms with Gasteiger partial charge in [0.1, 0.15) is 0 Å². The zero-order valence-corrected chi connectivity index (χ0v) is 10.1. The first-order valence-corrected chi connectivity index (χ1v) is 6.12. The lowest BCUT2D eigenvalue weighted by Gasteiger charge is -2.17. The molecule has 0 radical (unpaired) electrons. The Bertz CT molecular complexity index is 217. The lowest BCUT2D eigenvalue weighted by molar-refractivity contribution is -0.144. The summed E-state index contributed by atoms with van der Waals surface area (Å²) in [5, 5.41) is 9.81. The molecule has 0 bridgehead atoms. The second-order valence-corrected chi connectivity index (χ2v) is 4.39. The molecule has 0 saturated carbocycles. The van der Waals surface area contributed by atoms with Crippen molar-refractivity contribution in [2.24, 2.45) is 0 Å². The van der Waals surface area contributed by atoms with Gasteiger partial charge in [-0.15, -0.1) is 0 Å². The Morgan fingerprint density at radius 2 is 2.31 bits per heavy atom. The number of aliphatic hydroxyl groups excluding tert-OH is 1. The maximum atomic E-state index is 11.2. The zero-order chi connectivity index (χ0) is 12.0. The van der Waals surface area contributed by atoms with E-state index in [1.165, 1.54) is 0 Å². The van der Waals surface area contributed by atoms with E-state index in [0.29, 0.717) is 13.0 Å². The minimum atomic E-state index is -0.542. The van der Waals surface area contributed by atoms with Gasteiger partial charge < -0.3 is 14.6 Å². The third-order valence-electron chi connectivity index (χ3n) is 2.81. The normalized spacial score (nSPS) is 26.7. The molecule has 0 amide bonds. The maximum absolute atomic E-state index is 11.2. The molecule has 1 saturated heterocycles. The highest BCUT2D eigenvalue weighted by atomic mass is 16.5. The Labute approximate surface area is 96.9 Å². The van der Waals surface area contributed by atoms with Crippen molar-refractivity contribution in [1.82, 2.24) is 0 Å². The summed E-state index contributed by atoms with van der Waals surface area (Å²) in [6.45, 7) is 4.42. The van der Waals surface area contributed by atoms with Crippen LogP contribution in [0.2, 0.25) is 0 Å². The highest BCUT2D eigenvalue weighted by molar-refractivity contribution is 5.69. The topological polar surface area (TPSA) is 55.8 Å². The molecular weight excluding hydrogens is 208 g/mol. The summed E-state index contributed by atoms with van der Waals surface area (Å²) in [7, 11) is 0. The number of carbonyl (C=O) groups excluding carboxylic acids is 1. The molecule has 1 heterocycles. The quantitative estimate of drug-likeness (QED) is 0.705. The molecule has 4 heteroatoms. The van der Waals surface area contributed by atoms with Gasteiger partial charge in [-0.1, -0.05) is 6.92 Å². The van der Waals surface area contributed by atoms with Crippen molar-refractivity contribution in [2.75, 3.05) is 6.61 Å². The summed E-state index contributed by atoms with van der Waals surface area (Å²) in [4.78, 5) is 11.2. The highest BCUT2D eigenvalue weighted by Crippen LogP contribution is 2.23. The highest BCUT2D eigenvalue weighted by Gasteiger charge is 2.28. The molecule has 1 rings (SSSR count). The Hall–Kier alpha value is -0.610. The monoisotopic (exact) mass is 230 g/mol. The molecule has 1 fully saturated rings. The minimum absolute atomic E-state index is 0.103.